The van der Waals surface area contributed by atoms with Gasteiger partial charge >= 0.3 is 0 Å². The lowest BCUT2D eigenvalue weighted by Gasteiger charge is -2.18. The number of carbonyl (C=O) groups excluding carboxylic acids is 1. The van der Waals surface area contributed by atoms with Gasteiger partial charge in [0.25, 0.3) is 5.91 Å². The summed E-state index contributed by atoms with van der Waals surface area (Å²) in [5, 5.41) is 12.5. The zero-order chi connectivity index (χ0) is 15.4. The first-order valence-electron chi connectivity index (χ1n) is 7.76. The fourth-order valence-corrected chi connectivity index (χ4v) is 2.90. The van der Waals surface area contributed by atoms with Gasteiger partial charge in [0.1, 0.15) is 5.75 Å². The van der Waals surface area contributed by atoms with Crippen molar-refractivity contribution in [2.24, 2.45) is 11.8 Å². The Kier molecular flexibility index (Phi) is 5.23. The van der Waals surface area contributed by atoms with E-state index < -0.39 is 0 Å². The summed E-state index contributed by atoms with van der Waals surface area (Å²) in [5.74, 6) is 1.41. The molecule has 4 heteroatoms. The van der Waals surface area contributed by atoms with Crippen molar-refractivity contribution in [1.29, 1.82) is 0 Å². The number of amides is 1. The number of nitrogens with zero attached hydrogens (tertiary/aromatic N) is 1. The number of phenols is 1. The minimum atomic E-state index is -0.0552. The molecule has 2 rings (SSSR count). The fraction of sp³-hybridized carbons (Fsp3) is 0.588. The molecule has 1 saturated heterocycles. The van der Waals surface area contributed by atoms with Gasteiger partial charge in [-0.1, -0.05) is 13.8 Å². The lowest BCUT2D eigenvalue weighted by molar-refractivity contribution is 0.0947. The zero-order valence-electron chi connectivity index (χ0n) is 13.2. The number of carbonyl (C=O) groups is 1. The molecule has 1 aromatic rings. The molecule has 1 aliphatic heterocycles. The maximum absolute atomic E-state index is 12.1. The van der Waals surface area contributed by atoms with Gasteiger partial charge in [-0.15, -0.1) is 0 Å². The van der Waals surface area contributed by atoms with Crippen molar-refractivity contribution in [1.82, 2.24) is 10.2 Å². The third-order valence-electron chi connectivity index (χ3n) is 4.00. The molecule has 1 heterocycles. The number of likely N-dealkylation sites (tertiary alicyclic amines) is 1. The van der Waals surface area contributed by atoms with Crippen LogP contribution in [0.2, 0.25) is 0 Å². The summed E-state index contributed by atoms with van der Waals surface area (Å²) in [6.07, 6.45) is 1.15. The summed E-state index contributed by atoms with van der Waals surface area (Å²) < 4.78 is 0. The van der Waals surface area contributed by atoms with Crippen LogP contribution in [0.4, 0.5) is 0 Å². The maximum Gasteiger partial charge on any atom is 0.251 e. The molecule has 0 spiro atoms. The number of hydrogen-bond donors (Lipinski definition) is 2. The molecule has 116 valence electrons. The van der Waals surface area contributed by atoms with Crippen molar-refractivity contribution in [3.63, 3.8) is 0 Å². The van der Waals surface area contributed by atoms with Gasteiger partial charge in [-0.3, -0.25) is 4.79 Å². The molecule has 21 heavy (non-hydrogen) atoms. The monoisotopic (exact) mass is 290 g/mol. The van der Waals surface area contributed by atoms with Gasteiger partial charge < -0.3 is 15.3 Å². The minimum absolute atomic E-state index is 0.0552. The maximum atomic E-state index is 12.1. The van der Waals surface area contributed by atoms with E-state index in [1.54, 1.807) is 25.1 Å². The van der Waals surface area contributed by atoms with Crippen LogP contribution in [-0.2, 0) is 0 Å². The van der Waals surface area contributed by atoms with Gasteiger partial charge in [-0.25, -0.2) is 0 Å². The lowest BCUT2D eigenvalue weighted by Crippen LogP contribution is -2.31. The van der Waals surface area contributed by atoms with Crippen LogP contribution in [0, 0.1) is 18.8 Å². The first-order chi connectivity index (χ1) is 9.95. The van der Waals surface area contributed by atoms with Crippen molar-refractivity contribution in [3.8, 4) is 5.75 Å². The number of rotatable bonds is 5. The Morgan fingerprint density at radius 2 is 2.24 bits per heavy atom. The Morgan fingerprint density at radius 3 is 2.90 bits per heavy atom. The molecule has 2 N–H and O–H groups in total. The van der Waals surface area contributed by atoms with Crippen LogP contribution in [-0.4, -0.2) is 42.1 Å². The zero-order valence-corrected chi connectivity index (χ0v) is 13.2. The number of hydrogen-bond acceptors (Lipinski definition) is 3. The predicted octanol–water partition coefficient (Wildman–Crippen LogP) is 2.41. The van der Waals surface area contributed by atoms with E-state index in [-0.39, 0.29) is 11.7 Å². The van der Waals surface area contributed by atoms with Gasteiger partial charge in [-0.2, -0.15) is 0 Å². The lowest BCUT2D eigenvalue weighted by atomic mass is 10.1. The second kappa shape index (κ2) is 6.94. The molecule has 4 nitrogen and oxygen atoms in total. The smallest absolute Gasteiger partial charge is 0.251 e. The normalized spacial score (nSPS) is 19.1. The fourth-order valence-electron chi connectivity index (χ4n) is 2.90. The number of aryl methyl sites for hydroxylation is 1. The van der Waals surface area contributed by atoms with E-state index in [4.69, 9.17) is 0 Å². The summed E-state index contributed by atoms with van der Waals surface area (Å²) in [6.45, 7) is 10.4. The van der Waals surface area contributed by atoms with Gasteiger partial charge in [-0.05, 0) is 55.5 Å². The van der Waals surface area contributed by atoms with E-state index in [1.165, 1.54) is 0 Å². The van der Waals surface area contributed by atoms with E-state index in [0.29, 0.717) is 17.4 Å². The van der Waals surface area contributed by atoms with Crippen molar-refractivity contribution < 1.29 is 9.90 Å². The molecule has 1 unspecified atom stereocenters. The molecule has 1 fully saturated rings. The quantitative estimate of drug-likeness (QED) is 0.875. The van der Waals surface area contributed by atoms with Crippen LogP contribution in [0.5, 0.6) is 5.75 Å². The first-order valence-corrected chi connectivity index (χ1v) is 7.76. The first kappa shape index (κ1) is 15.8. The summed E-state index contributed by atoms with van der Waals surface area (Å²) in [7, 11) is 0. The Morgan fingerprint density at radius 1 is 1.48 bits per heavy atom. The van der Waals surface area contributed by atoms with Crippen LogP contribution in [0.3, 0.4) is 0 Å². The molecule has 0 saturated carbocycles. The molecule has 1 aliphatic rings. The van der Waals surface area contributed by atoms with Crippen molar-refractivity contribution >= 4 is 5.91 Å². The number of nitrogens with one attached hydrogen (secondary N) is 1. The minimum Gasteiger partial charge on any atom is -0.508 e. The van der Waals surface area contributed by atoms with Gasteiger partial charge in [0.15, 0.2) is 0 Å². The van der Waals surface area contributed by atoms with Crippen LogP contribution < -0.4 is 5.32 Å². The van der Waals surface area contributed by atoms with Crippen LogP contribution in [0.1, 0.15) is 36.2 Å². The van der Waals surface area contributed by atoms with Gasteiger partial charge in [0.05, 0.1) is 0 Å². The molecular weight excluding hydrogens is 264 g/mol. The average molecular weight is 290 g/mol. The largest absolute Gasteiger partial charge is 0.508 e. The second-order valence-corrected chi connectivity index (χ2v) is 6.52. The van der Waals surface area contributed by atoms with E-state index in [1.807, 2.05) is 0 Å². The number of phenolic OH excluding ortho intramolecular Hbond substituents is 1. The second-order valence-electron chi connectivity index (χ2n) is 6.52. The van der Waals surface area contributed by atoms with Crippen molar-refractivity contribution in [2.45, 2.75) is 27.2 Å². The van der Waals surface area contributed by atoms with E-state index in [9.17, 15) is 9.90 Å². The van der Waals surface area contributed by atoms with Crippen molar-refractivity contribution in [2.75, 3.05) is 26.2 Å². The average Bonchev–Trinajstić information content (AvgIpc) is 2.86. The van der Waals surface area contributed by atoms with Crippen molar-refractivity contribution in [3.05, 3.63) is 29.3 Å². The molecule has 0 radical (unpaired) electrons. The molecule has 1 amide bonds. The molecular formula is C17H26N2O2. The predicted molar refractivity (Wildman–Crippen MR) is 84.6 cm³/mol. The molecule has 1 atom stereocenters. The van der Waals surface area contributed by atoms with Gasteiger partial charge in [0, 0.05) is 25.2 Å². The van der Waals surface area contributed by atoms with Crippen LogP contribution in [0.25, 0.3) is 0 Å². The molecule has 0 aromatic heterocycles. The van der Waals surface area contributed by atoms with E-state index in [2.05, 4.69) is 24.1 Å². The number of aromatic hydroxyl groups is 1. The Balaban J connectivity index is 1.80. The van der Waals surface area contributed by atoms with Crippen LogP contribution in [0.15, 0.2) is 18.2 Å². The highest BCUT2D eigenvalue weighted by Crippen LogP contribution is 2.18. The SMILES string of the molecule is Cc1cc(C(=O)NCC2CCN(CC(C)C)C2)ccc1O. The summed E-state index contributed by atoms with van der Waals surface area (Å²) >= 11 is 0. The van der Waals surface area contributed by atoms with E-state index in [0.717, 1.165) is 38.2 Å². The topological polar surface area (TPSA) is 52.6 Å². The third-order valence-corrected chi connectivity index (χ3v) is 4.00. The standard InChI is InChI=1S/C17H26N2O2/c1-12(2)10-19-7-6-14(11-19)9-18-17(21)15-4-5-16(20)13(3)8-15/h4-5,8,12,14,20H,6-7,9-11H2,1-3H3,(H,18,21). The van der Waals surface area contributed by atoms with Gasteiger partial charge in [0.2, 0.25) is 0 Å². The van der Waals surface area contributed by atoms with Crippen LogP contribution >= 0.6 is 0 Å². The summed E-state index contributed by atoms with van der Waals surface area (Å²) in [4.78, 5) is 14.6. The highest BCUT2D eigenvalue weighted by atomic mass is 16.3. The summed E-state index contributed by atoms with van der Waals surface area (Å²) in [6, 6.07) is 4.96. The highest BCUT2D eigenvalue weighted by molar-refractivity contribution is 5.94. The third kappa shape index (κ3) is 4.46. The molecule has 1 aromatic carbocycles. The Labute approximate surface area is 127 Å². The molecule has 0 aliphatic carbocycles. The summed E-state index contributed by atoms with van der Waals surface area (Å²) in [5.41, 5.74) is 1.34. The Hall–Kier alpha value is -1.55. The van der Waals surface area contributed by atoms with E-state index >= 15 is 0 Å². The highest BCUT2D eigenvalue weighted by Gasteiger charge is 2.23. The number of benzene rings is 1. The molecule has 0 bridgehead atoms. The Bertz CT molecular complexity index is 500.